The summed E-state index contributed by atoms with van der Waals surface area (Å²) in [6, 6.07) is 14.1. The van der Waals surface area contributed by atoms with Crippen molar-refractivity contribution in [1.29, 1.82) is 0 Å². The van der Waals surface area contributed by atoms with Crippen molar-refractivity contribution in [1.82, 2.24) is 0 Å². The van der Waals surface area contributed by atoms with Gasteiger partial charge < -0.3 is 24.4 Å². The molecule has 7 nitrogen and oxygen atoms in total. The van der Waals surface area contributed by atoms with Crippen LogP contribution in [0.25, 0.3) is 0 Å². The quantitative estimate of drug-likeness (QED) is 0.730. The lowest BCUT2D eigenvalue weighted by atomic mass is 10.2. The molecule has 0 aliphatic carbocycles. The summed E-state index contributed by atoms with van der Waals surface area (Å²) in [6.45, 7) is -0.655. The number of nitrogens with zero attached hydrogens (tertiary/aromatic N) is 1. The number of amides is 1. The Morgan fingerprint density at radius 2 is 1.54 bits per heavy atom. The SMILES string of the molecule is COc1ccc(OCC(=O)OCC(=O)Nc2ccc(N(C)C)cc2)cc1. The summed E-state index contributed by atoms with van der Waals surface area (Å²) >= 11 is 0. The van der Waals surface area contributed by atoms with E-state index in [1.165, 1.54) is 0 Å². The van der Waals surface area contributed by atoms with E-state index in [4.69, 9.17) is 14.2 Å². The smallest absolute Gasteiger partial charge is 0.344 e. The molecule has 0 spiro atoms. The molecule has 2 aromatic carbocycles. The first-order valence-corrected chi connectivity index (χ1v) is 7.97. The zero-order chi connectivity index (χ0) is 18.9. The molecule has 0 radical (unpaired) electrons. The van der Waals surface area contributed by atoms with Crippen LogP contribution in [-0.4, -0.2) is 46.3 Å². The molecule has 0 aliphatic rings. The zero-order valence-electron chi connectivity index (χ0n) is 15.0. The molecule has 0 aromatic heterocycles. The number of methoxy groups -OCH3 is 1. The van der Waals surface area contributed by atoms with Gasteiger partial charge in [-0.15, -0.1) is 0 Å². The molecule has 0 aliphatic heterocycles. The topological polar surface area (TPSA) is 77.1 Å². The van der Waals surface area contributed by atoms with Gasteiger partial charge in [-0.1, -0.05) is 0 Å². The molecule has 2 rings (SSSR count). The lowest BCUT2D eigenvalue weighted by Gasteiger charge is -2.13. The molecule has 0 bridgehead atoms. The predicted octanol–water partition coefficient (Wildman–Crippen LogP) is 2.32. The maximum atomic E-state index is 11.8. The Bertz CT molecular complexity index is 727. The van der Waals surface area contributed by atoms with Gasteiger partial charge in [0.15, 0.2) is 13.2 Å². The molecule has 1 N–H and O–H groups in total. The number of anilines is 2. The van der Waals surface area contributed by atoms with Crippen molar-refractivity contribution < 1.29 is 23.8 Å². The molecular weight excluding hydrogens is 336 g/mol. The summed E-state index contributed by atoms with van der Waals surface area (Å²) < 4.78 is 15.2. The molecule has 1 amide bonds. The Balaban J connectivity index is 1.71. The van der Waals surface area contributed by atoms with E-state index in [0.717, 1.165) is 5.69 Å². The van der Waals surface area contributed by atoms with Crippen LogP contribution in [-0.2, 0) is 14.3 Å². The summed E-state index contributed by atoms with van der Waals surface area (Å²) in [5.74, 6) is 0.155. The number of hydrogen-bond donors (Lipinski definition) is 1. The fourth-order valence-electron chi connectivity index (χ4n) is 2.04. The van der Waals surface area contributed by atoms with Crippen LogP contribution in [0.1, 0.15) is 0 Å². The van der Waals surface area contributed by atoms with Gasteiger partial charge in [-0.05, 0) is 48.5 Å². The fraction of sp³-hybridized carbons (Fsp3) is 0.263. The highest BCUT2D eigenvalue weighted by atomic mass is 16.6. The first-order chi connectivity index (χ1) is 12.5. The number of benzene rings is 2. The van der Waals surface area contributed by atoms with Crippen molar-refractivity contribution in [2.24, 2.45) is 0 Å². The van der Waals surface area contributed by atoms with Crippen LogP contribution in [0, 0.1) is 0 Å². The van der Waals surface area contributed by atoms with Crippen LogP contribution < -0.4 is 19.7 Å². The summed E-state index contributed by atoms with van der Waals surface area (Å²) in [4.78, 5) is 25.4. The van der Waals surface area contributed by atoms with E-state index >= 15 is 0 Å². The third kappa shape index (κ3) is 6.01. The molecule has 7 heteroatoms. The molecule has 0 heterocycles. The molecule has 138 valence electrons. The second-order valence-corrected chi connectivity index (χ2v) is 5.61. The van der Waals surface area contributed by atoms with E-state index in [1.807, 2.05) is 31.1 Å². The maximum Gasteiger partial charge on any atom is 0.344 e. The Hall–Kier alpha value is -3.22. The fourth-order valence-corrected chi connectivity index (χ4v) is 2.04. The Morgan fingerprint density at radius 1 is 0.923 bits per heavy atom. The van der Waals surface area contributed by atoms with Gasteiger partial charge in [0.05, 0.1) is 7.11 Å². The van der Waals surface area contributed by atoms with Gasteiger partial charge in [0.2, 0.25) is 0 Å². The average molecular weight is 358 g/mol. The third-order valence-corrected chi connectivity index (χ3v) is 3.45. The van der Waals surface area contributed by atoms with Crippen LogP contribution in [0.2, 0.25) is 0 Å². The molecule has 0 saturated carbocycles. The van der Waals surface area contributed by atoms with Gasteiger partial charge in [0, 0.05) is 25.5 Å². The lowest BCUT2D eigenvalue weighted by Crippen LogP contribution is -2.23. The van der Waals surface area contributed by atoms with E-state index in [9.17, 15) is 9.59 Å². The van der Waals surface area contributed by atoms with E-state index in [0.29, 0.717) is 17.2 Å². The Labute approximate surface area is 152 Å². The number of nitrogens with one attached hydrogen (secondary N) is 1. The molecule has 2 aromatic rings. The first-order valence-electron chi connectivity index (χ1n) is 7.97. The zero-order valence-corrected chi connectivity index (χ0v) is 15.0. The van der Waals surface area contributed by atoms with Gasteiger partial charge in [-0.3, -0.25) is 4.79 Å². The van der Waals surface area contributed by atoms with Gasteiger partial charge >= 0.3 is 5.97 Å². The highest BCUT2D eigenvalue weighted by Gasteiger charge is 2.09. The van der Waals surface area contributed by atoms with Crippen LogP contribution in [0.15, 0.2) is 48.5 Å². The van der Waals surface area contributed by atoms with Crippen molar-refractivity contribution in [2.45, 2.75) is 0 Å². The molecule has 0 atom stereocenters. The first kappa shape index (κ1) is 19.1. The number of carbonyl (C=O) groups excluding carboxylic acids is 2. The van der Waals surface area contributed by atoms with Gasteiger partial charge in [0.1, 0.15) is 11.5 Å². The van der Waals surface area contributed by atoms with E-state index in [2.05, 4.69) is 5.32 Å². The van der Waals surface area contributed by atoms with Crippen molar-refractivity contribution in [3.63, 3.8) is 0 Å². The van der Waals surface area contributed by atoms with Crippen molar-refractivity contribution >= 4 is 23.3 Å². The van der Waals surface area contributed by atoms with Crippen LogP contribution >= 0.6 is 0 Å². The van der Waals surface area contributed by atoms with Crippen LogP contribution in [0.5, 0.6) is 11.5 Å². The van der Waals surface area contributed by atoms with Crippen molar-refractivity contribution in [2.75, 3.05) is 44.6 Å². The Morgan fingerprint density at radius 3 is 2.12 bits per heavy atom. The van der Waals surface area contributed by atoms with Crippen molar-refractivity contribution in [3.05, 3.63) is 48.5 Å². The minimum absolute atomic E-state index is 0.281. The van der Waals surface area contributed by atoms with Crippen LogP contribution in [0.3, 0.4) is 0 Å². The molecule has 0 unspecified atom stereocenters. The third-order valence-electron chi connectivity index (χ3n) is 3.45. The normalized spacial score (nSPS) is 9.96. The number of esters is 1. The number of carbonyl (C=O) groups is 2. The van der Waals surface area contributed by atoms with E-state index in [1.54, 1.807) is 43.5 Å². The minimum atomic E-state index is -0.626. The standard InChI is InChI=1S/C19H22N2O5/c1-21(2)15-6-4-14(5-7-15)20-18(22)12-26-19(23)13-25-17-10-8-16(24-3)9-11-17/h4-11H,12-13H2,1-3H3,(H,20,22). The average Bonchev–Trinajstić information content (AvgIpc) is 2.65. The predicted molar refractivity (Wildman–Crippen MR) is 98.8 cm³/mol. The number of ether oxygens (including phenoxy) is 3. The summed E-state index contributed by atoms with van der Waals surface area (Å²) in [6.07, 6.45) is 0. The molecule has 0 saturated heterocycles. The van der Waals surface area contributed by atoms with Gasteiger partial charge in [-0.25, -0.2) is 4.79 Å². The summed E-state index contributed by atoms with van der Waals surface area (Å²) in [5.41, 5.74) is 1.65. The maximum absolute atomic E-state index is 11.8. The number of rotatable bonds is 8. The molecule has 26 heavy (non-hydrogen) atoms. The molecular formula is C19H22N2O5. The highest BCUT2D eigenvalue weighted by molar-refractivity contribution is 5.93. The highest BCUT2D eigenvalue weighted by Crippen LogP contribution is 2.17. The lowest BCUT2D eigenvalue weighted by molar-refractivity contribution is -0.149. The van der Waals surface area contributed by atoms with Crippen molar-refractivity contribution in [3.8, 4) is 11.5 Å². The second-order valence-electron chi connectivity index (χ2n) is 5.61. The second kappa shape index (κ2) is 9.31. The summed E-state index contributed by atoms with van der Waals surface area (Å²) in [7, 11) is 5.43. The van der Waals surface area contributed by atoms with Crippen LogP contribution in [0.4, 0.5) is 11.4 Å². The number of hydrogen-bond acceptors (Lipinski definition) is 6. The van der Waals surface area contributed by atoms with E-state index in [-0.39, 0.29) is 13.2 Å². The van der Waals surface area contributed by atoms with Gasteiger partial charge in [-0.2, -0.15) is 0 Å². The summed E-state index contributed by atoms with van der Waals surface area (Å²) in [5, 5.41) is 2.66. The van der Waals surface area contributed by atoms with E-state index < -0.39 is 11.9 Å². The Kier molecular flexibility index (Phi) is 6.84. The van der Waals surface area contributed by atoms with Gasteiger partial charge in [0.25, 0.3) is 5.91 Å². The largest absolute Gasteiger partial charge is 0.497 e. The monoisotopic (exact) mass is 358 g/mol. The molecule has 0 fully saturated rings. The minimum Gasteiger partial charge on any atom is -0.497 e.